The topological polar surface area (TPSA) is 88.5 Å². The lowest BCUT2D eigenvalue weighted by Crippen LogP contribution is -2.43. The number of nitrogens with zero attached hydrogens (tertiary/aromatic N) is 3. The third-order valence-corrected chi connectivity index (χ3v) is 9.10. The summed E-state index contributed by atoms with van der Waals surface area (Å²) in [6, 6.07) is 23.3. The molecule has 1 fully saturated rings. The second-order valence-corrected chi connectivity index (χ2v) is 12.7. The molecule has 1 saturated heterocycles. The van der Waals surface area contributed by atoms with Gasteiger partial charge in [-0.1, -0.05) is 36.4 Å². The van der Waals surface area contributed by atoms with Crippen molar-refractivity contribution in [2.45, 2.75) is 33.1 Å². The summed E-state index contributed by atoms with van der Waals surface area (Å²) in [6.07, 6.45) is 4.18. The zero-order valence-corrected chi connectivity index (χ0v) is 26.7. The number of piperazine rings is 1. The highest BCUT2D eigenvalue weighted by atomic mass is 32.1. The monoisotopic (exact) mass is 621 g/mol. The summed E-state index contributed by atoms with van der Waals surface area (Å²) in [5, 5.41) is 7.89. The lowest BCUT2D eigenvalue weighted by molar-refractivity contribution is -0.115. The number of unbranched alkanes of at least 4 members (excludes halogenated alkanes) is 1. The molecule has 45 heavy (non-hydrogen) atoms. The van der Waals surface area contributed by atoms with Gasteiger partial charge in [-0.15, -0.1) is 11.3 Å². The molecule has 0 aliphatic carbocycles. The molecular weight excluding hydrogens is 582 g/mol. The molecule has 1 amide bonds. The van der Waals surface area contributed by atoms with Crippen molar-refractivity contribution in [1.82, 2.24) is 19.8 Å². The van der Waals surface area contributed by atoms with Crippen molar-refractivity contribution in [3.8, 4) is 17.0 Å². The van der Waals surface area contributed by atoms with Crippen molar-refractivity contribution >= 4 is 39.2 Å². The van der Waals surface area contributed by atoms with Crippen LogP contribution in [-0.2, 0) is 11.2 Å². The number of amides is 1. The molecule has 9 heteroatoms. The Morgan fingerprint density at radius 2 is 1.82 bits per heavy atom. The van der Waals surface area contributed by atoms with Gasteiger partial charge in [-0.05, 0) is 80.8 Å². The van der Waals surface area contributed by atoms with Gasteiger partial charge in [-0.2, -0.15) is 0 Å². The van der Waals surface area contributed by atoms with E-state index in [1.807, 2.05) is 92.8 Å². The van der Waals surface area contributed by atoms with Gasteiger partial charge in [0.25, 0.3) is 5.91 Å². The van der Waals surface area contributed by atoms with Crippen molar-refractivity contribution in [2.24, 2.45) is 0 Å². The summed E-state index contributed by atoms with van der Waals surface area (Å²) in [6.45, 7) is 10.1. The number of nitrogens with one attached hydrogen (secondary N) is 2. The van der Waals surface area contributed by atoms with Gasteiger partial charge in [0.05, 0.1) is 24.2 Å². The number of aryl methyl sites for hydroxylation is 2. The standard InChI is InChI=1S/C36H39N5O3S/c1-25-8-3-4-11-31(25)35(43)41-18-14-28-24-29(12-13-32(28)41)34-26(2)45-36(39-34)38-33(42)23-27-9-7-10-30(22-27)44-21-6-5-17-40-19-15-37-16-20-40/h3-4,7-14,18,22,24,37H,5-6,15-17,19-21,23H2,1-2H3,(H,38,39,42). The van der Waals surface area contributed by atoms with Crippen LogP contribution in [-0.4, -0.2) is 65.6 Å². The van der Waals surface area contributed by atoms with E-state index in [2.05, 4.69) is 15.5 Å². The zero-order valence-electron chi connectivity index (χ0n) is 25.8. The lowest BCUT2D eigenvalue weighted by atomic mass is 10.1. The summed E-state index contributed by atoms with van der Waals surface area (Å²) in [5.41, 5.74) is 5.13. The van der Waals surface area contributed by atoms with Gasteiger partial charge in [-0.3, -0.25) is 14.2 Å². The van der Waals surface area contributed by atoms with Crippen LogP contribution in [0.5, 0.6) is 5.75 Å². The molecule has 0 saturated carbocycles. The van der Waals surface area contributed by atoms with Crippen LogP contribution in [0.25, 0.3) is 22.2 Å². The first-order valence-electron chi connectivity index (χ1n) is 15.6. The minimum Gasteiger partial charge on any atom is -0.494 e. The summed E-state index contributed by atoms with van der Waals surface area (Å²) in [7, 11) is 0. The molecule has 232 valence electrons. The van der Waals surface area contributed by atoms with E-state index in [-0.39, 0.29) is 18.2 Å². The maximum Gasteiger partial charge on any atom is 0.262 e. The first-order chi connectivity index (χ1) is 21.9. The van der Waals surface area contributed by atoms with Gasteiger partial charge in [-0.25, -0.2) is 4.98 Å². The molecule has 2 aromatic heterocycles. The maximum atomic E-state index is 13.2. The molecule has 3 aromatic carbocycles. The number of carbonyl (C=O) groups excluding carboxylic acids is 2. The van der Waals surface area contributed by atoms with Gasteiger partial charge >= 0.3 is 0 Å². The third kappa shape index (κ3) is 7.50. The van der Waals surface area contributed by atoms with Crippen LogP contribution in [0.4, 0.5) is 5.13 Å². The minimum absolute atomic E-state index is 0.0517. The number of anilines is 1. The summed E-state index contributed by atoms with van der Waals surface area (Å²) < 4.78 is 7.67. The summed E-state index contributed by atoms with van der Waals surface area (Å²) in [4.78, 5) is 34.4. The molecule has 0 unspecified atom stereocenters. The second-order valence-electron chi connectivity index (χ2n) is 11.5. The smallest absolute Gasteiger partial charge is 0.262 e. The molecule has 6 rings (SSSR count). The molecule has 0 bridgehead atoms. The van der Waals surface area contributed by atoms with Gasteiger partial charge in [0, 0.05) is 53.8 Å². The molecule has 1 aliphatic heterocycles. The van der Waals surface area contributed by atoms with Crippen molar-refractivity contribution in [3.63, 3.8) is 0 Å². The van der Waals surface area contributed by atoms with Crippen LogP contribution in [0.3, 0.4) is 0 Å². The predicted octanol–water partition coefficient (Wildman–Crippen LogP) is 6.32. The van der Waals surface area contributed by atoms with Crippen LogP contribution >= 0.6 is 11.3 Å². The molecule has 8 nitrogen and oxygen atoms in total. The molecular formula is C36H39N5O3S. The van der Waals surface area contributed by atoms with Gasteiger partial charge in [0.15, 0.2) is 5.13 Å². The van der Waals surface area contributed by atoms with Crippen LogP contribution in [0.15, 0.2) is 79.0 Å². The van der Waals surface area contributed by atoms with Gasteiger partial charge in [0.2, 0.25) is 5.91 Å². The van der Waals surface area contributed by atoms with E-state index in [0.29, 0.717) is 17.3 Å². The Kier molecular flexibility index (Phi) is 9.69. The summed E-state index contributed by atoms with van der Waals surface area (Å²) in [5.74, 6) is 0.620. The van der Waals surface area contributed by atoms with Crippen molar-refractivity contribution in [3.05, 3.63) is 101 Å². The highest BCUT2D eigenvalue weighted by Crippen LogP contribution is 2.33. The molecule has 1 aliphatic rings. The Bertz CT molecular complexity index is 1800. The number of hydrogen-bond acceptors (Lipinski definition) is 7. The fourth-order valence-corrected chi connectivity index (χ4v) is 6.64. The molecule has 0 spiro atoms. The van der Waals surface area contributed by atoms with Gasteiger partial charge in [0.1, 0.15) is 5.75 Å². The highest BCUT2D eigenvalue weighted by Gasteiger charge is 2.17. The maximum absolute atomic E-state index is 13.2. The molecule has 0 atom stereocenters. The van der Waals surface area contributed by atoms with Crippen molar-refractivity contribution < 1.29 is 14.3 Å². The summed E-state index contributed by atoms with van der Waals surface area (Å²) >= 11 is 1.46. The number of carbonyl (C=O) groups is 2. The molecule has 5 aromatic rings. The normalized spacial score (nSPS) is 13.6. The third-order valence-electron chi connectivity index (χ3n) is 8.21. The van der Waals surface area contributed by atoms with E-state index in [1.54, 1.807) is 4.57 Å². The largest absolute Gasteiger partial charge is 0.494 e. The molecule has 0 radical (unpaired) electrons. The van der Waals surface area contributed by atoms with E-state index >= 15 is 0 Å². The van der Waals surface area contributed by atoms with Crippen LogP contribution in [0, 0.1) is 13.8 Å². The number of rotatable bonds is 11. The quantitative estimate of drug-likeness (QED) is 0.168. The minimum atomic E-state index is -0.120. The number of hydrogen-bond donors (Lipinski definition) is 2. The highest BCUT2D eigenvalue weighted by molar-refractivity contribution is 7.16. The number of aromatic nitrogens is 2. The number of ether oxygens (including phenoxy) is 1. The average molecular weight is 622 g/mol. The van der Waals surface area contributed by atoms with Crippen molar-refractivity contribution in [2.75, 3.05) is 44.6 Å². The average Bonchev–Trinajstić information content (AvgIpc) is 3.64. The zero-order chi connectivity index (χ0) is 31.2. The van der Waals surface area contributed by atoms with E-state index in [4.69, 9.17) is 9.72 Å². The number of benzene rings is 3. The Labute approximate surface area is 268 Å². The predicted molar refractivity (Wildman–Crippen MR) is 182 cm³/mol. The SMILES string of the molecule is Cc1ccccc1C(=O)n1ccc2cc(-c3nc(NC(=O)Cc4cccc(OCCCCN5CCNCC5)c4)sc3C)ccc21. The Balaban J connectivity index is 1.04. The van der Waals surface area contributed by atoms with E-state index in [9.17, 15) is 9.59 Å². The molecule has 2 N–H and O–H groups in total. The first-order valence-corrected chi connectivity index (χ1v) is 16.4. The first kappa shape index (κ1) is 30.7. The molecule has 3 heterocycles. The number of fused-ring (bicyclic) bond motifs is 1. The number of thiazole rings is 1. The van der Waals surface area contributed by atoms with Gasteiger partial charge < -0.3 is 20.3 Å². The van der Waals surface area contributed by atoms with E-state index in [1.165, 1.54) is 11.3 Å². The van der Waals surface area contributed by atoms with Crippen molar-refractivity contribution in [1.29, 1.82) is 0 Å². The fraction of sp³-hybridized carbons (Fsp3) is 0.306. The Hall–Kier alpha value is -4.31. The second kappa shape index (κ2) is 14.2. The van der Waals surface area contributed by atoms with Crippen LogP contribution in [0.2, 0.25) is 0 Å². The van der Waals surface area contributed by atoms with Crippen LogP contribution < -0.4 is 15.4 Å². The lowest BCUT2D eigenvalue weighted by Gasteiger charge is -2.26. The van der Waals surface area contributed by atoms with E-state index < -0.39 is 0 Å². The Morgan fingerprint density at radius 3 is 2.67 bits per heavy atom. The van der Waals surface area contributed by atoms with Crippen LogP contribution in [0.1, 0.15) is 39.2 Å². The van der Waals surface area contributed by atoms with E-state index in [0.717, 1.165) is 89.5 Å². The fourth-order valence-electron chi connectivity index (χ4n) is 5.78. The Morgan fingerprint density at radius 1 is 0.978 bits per heavy atom.